The molecule has 16 heavy (non-hydrogen) atoms. The second-order valence-electron chi connectivity index (χ2n) is 4.62. The van der Waals surface area contributed by atoms with Crippen molar-refractivity contribution in [1.29, 1.82) is 0 Å². The van der Waals surface area contributed by atoms with Crippen molar-refractivity contribution in [2.75, 3.05) is 7.11 Å². The molecule has 0 bridgehead atoms. The van der Waals surface area contributed by atoms with Gasteiger partial charge in [0.25, 0.3) is 0 Å². The molecule has 0 spiro atoms. The standard InChI is InChI=1S/C13H19FO2/c1-13(2,15)8-4-5-10-9-11(14)6-7-12(10)16-3/h6-7,9,15H,4-5,8H2,1-3H3. The Morgan fingerprint density at radius 3 is 2.62 bits per heavy atom. The molecule has 0 aliphatic rings. The van der Waals surface area contributed by atoms with Crippen molar-refractivity contribution in [3.63, 3.8) is 0 Å². The molecule has 90 valence electrons. The summed E-state index contributed by atoms with van der Waals surface area (Å²) in [6, 6.07) is 4.51. The molecule has 0 saturated heterocycles. The van der Waals surface area contributed by atoms with Crippen molar-refractivity contribution in [2.45, 2.75) is 38.7 Å². The minimum Gasteiger partial charge on any atom is -0.496 e. The van der Waals surface area contributed by atoms with Gasteiger partial charge in [0.2, 0.25) is 0 Å². The number of hydrogen-bond donors (Lipinski definition) is 1. The SMILES string of the molecule is COc1ccc(F)cc1CCCC(C)(C)O. The molecule has 0 saturated carbocycles. The van der Waals surface area contributed by atoms with E-state index in [1.54, 1.807) is 27.0 Å². The van der Waals surface area contributed by atoms with Crippen LogP contribution in [0.5, 0.6) is 5.75 Å². The van der Waals surface area contributed by atoms with Crippen LogP contribution in [0.15, 0.2) is 18.2 Å². The summed E-state index contributed by atoms with van der Waals surface area (Å²) < 4.78 is 18.2. The molecule has 1 aromatic rings. The molecule has 3 heteroatoms. The predicted molar refractivity (Wildman–Crippen MR) is 62.2 cm³/mol. The molecule has 0 aromatic heterocycles. The summed E-state index contributed by atoms with van der Waals surface area (Å²) in [6.45, 7) is 3.55. The topological polar surface area (TPSA) is 29.5 Å². The van der Waals surface area contributed by atoms with Gasteiger partial charge in [0.05, 0.1) is 12.7 Å². The summed E-state index contributed by atoms with van der Waals surface area (Å²) in [5.74, 6) is 0.455. The maximum atomic E-state index is 13.0. The lowest BCUT2D eigenvalue weighted by atomic mass is 9.98. The Bertz CT molecular complexity index is 342. The van der Waals surface area contributed by atoms with Crippen LogP contribution in [0.25, 0.3) is 0 Å². The first-order chi connectivity index (χ1) is 7.42. The summed E-state index contributed by atoms with van der Waals surface area (Å²) in [7, 11) is 1.58. The average Bonchev–Trinajstić information content (AvgIpc) is 2.16. The zero-order chi connectivity index (χ0) is 12.2. The lowest BCUT2D eigenvalue weighted by molar-refractivity contribution is 0.0689. The zero-order valence-corrected chi connectivity index (χ0v) is 10.1. The number of ether oxygens (including phenoxy) is 1. The molecule has 0 unspecified atom stereocenters. The van der Waals surface area contributed by atoms with Gasteiger partial charge in [0, 0.05) is 0 Å². The molecule has 1 rings (SSSR count). The molecule has 2 nitrogen and oxygen atoms in total. The number of halogens is 1. The van der Waals surface area contributed by atoms with Crippen LogP contribution < -0.4 is 4.74 Å². The fourth-order valence-corrected chi connectivity index (χ4v) is 1.65. The first-order valence-electron chi connectivity index (χ1n) is 5.47. The summed E-state index contributed by atoms with van der Waals surface area (Å²) in [5, 5.41) is 9.57. The second-order valence-corrected chi connectivity index (χ2v) is 4.62. The fourth-order valence-electron chi connectivity index (χ4n) is 1.65. The van der Waals surface area contributed by atoms with Crippen LogP contribution in [0.2, 0.25) is 0 Å². The molecular weight excluding hydrogens is 207 g/mol. The van der Waals surface area contributed by atoms with E-state index in [2.05, 4.69) is 0 Å². The predicted octanol–water partition coefficient (Wildman–Crippen LogP) is 2.93. The van der Waals surface area contributed by atoms with Gasteiger partial charge in [-0.25, -0.2) is 4.39 Å². The van der Waals surface area contributed by atoms with Crippen LogP contribution in [-0.2, 0) is 6.42 Å². The molecule has 0 heterocycles. The molecule has 0 fully saturated rings. The maximum absolute atomic E-state index is 13.0. The van der Waals surface area contributed by atoms with E-state index < -0.39 is 5.60 Å². The monoisotopic (exact) mass is 226 g/mol. The third-order valence-corrected chi connectivity index (χ3v) is 2.48. The normalized spacial score (nSPS) is 11.6. The average molecular weight is 226 g/mol. The van der Waals surface area contributed by atoms with Crippen LogP contribution in [0, 0.1) is 5.82 Å². The van der Waals surface area contributed by atoms with Gasteiger partial charge < -0.3 is 9.84 Å². The van der Waals surface area contributed by atoms with E-state index in [9.17, 15) is 9.50 Å². The quantitative estimate of drug-likeness (QED) is 0.836. The highest BCUT2D eigenvalue weighted by Gasteiger charge is 2.12. The van der Waals surface area contributed by atoms with Crippen LogP contribution in [0.1, 0.15) is 32.3 Å². The van der Waals surface area contributed by atoms with Gasteiger partial charge in [0.15, 0.2) is 0 Å². The van der Waals surface area contributed by atoms with E-state index in [-0.39, 0.29) is 5.82 Å². The van der Waals surface area contributed by atoms with Gasteiger partial charge in [-0.1, -0.05) is 0 Å². The second kappa shape index (κ2) is 5.30. The van der Waals surface area contributed by atoms with E-state index in [0.29, 0.717) is 18.6 Å². The highest BCUT2D eigenvalue weighted by molar-refractivity contribution is 5.33. The van der Waals surface area contributed by atoms with Crippen molar-refractivity contribution in [3.05, 3.63) is 29.6 Å². The molecule has 1 N–H and O–H groups in total. The first-order valence-corrected chi connectivity index (χ1v) is 5.47. The molecule has 1 aromatic carbocycles. The van der Waals surface area contributed by atoms with E-state index in [0.717, 1.165) is 12.0 Å². The van der Waals surface area contributed by atoms with Crippen LogP contribution >= 0.6 is 0 Å². The van der Waals surface area contributed by atoms with E-state index >= 15 is 0 Å². The first kappa shape index (κ1) is 13.0. The number of rotatable bonds is 5. The number of hydrogen-bond acceptors (Lipinski definition) is 2. The Morgan fingerprint density at radius 1 is 1.38 bits per heavy atom. The minimum atomic E-state index is -0.666. The van der Waals surface area contributed by atoms with Crippen LogP contribution in [-0.4, -0.2) is 17.8 Å². The minimum absolute atomic E-state index is 0.251. The third-order valence-electron chi connectivity index (χ3n) is 2.48. The number of aliphatic hydroxyl groups is 1. The lowest BCUT2D eigenvalue weighted by Crippen LogP contribution is -2.18. The molecule has 0 radical (unpaired) electrons. The Kier molecular flexibility index (Phi) is 4.30. The van der Waals surface area contributed by atoms with Crippen molar-refractivity contribution < 1.29 is 14.2 Å². The Labute approximate surface area is 96.1 Å². The van der Waals surface area contributed by atoms with E-state index in [4.69, 9.17) is 4.74 Å². The largest absolute Gasteiger partial charge is 0.496 e. The Balaban J connectivity index is 2.62. The summed E-state index contributed by atoms with van der Waals surface area (Å²) >= 11 is 0. The molecule has 0 amide bonds. The lowest BCUT2D eigenvalue weighted by Gasteiger charge is -2.17. The van der Waals surface area contributed by atoms with Gasteiger partial charge in [-0.2, -0.15) is 0 Å². The summed E-state index contributed by atoms with van der Waals surface area (Å²) in [6.07, 6.45) is 2.21. The number of methoxy groups -OCH3 is 1. The van der Waals surface area contributed by atoms with Crippen molar-refractivity contribution >= 4 is 0 Å². The molecule has 0 atom stereocenters. The van der Waals surface area contributed by atoms with Gasteiger partial charge >= 0.3 is 0 Å². The smallest absolute Gasteiger partial charge is 0.123 e. The van der Waals surface area contributed by atoms with Crippen LogP contribution in [0.3, 0.4) is 0 Å². The Hall–Kier alpha value is -1.09. The highest BCUT2D eigenvalue weighted by atomic mass is 19.1. The van der Waals surface area contributed by atoms with Gasteiger partial charge in [-0.3, -0.25) is 0 Å². The number of aryl methyl sites for hydroxylation is 1. The van der Waals surface area contributed by atoms with Gasteiger partial charge in [0.1, 0.15) is 11.6 Å². The van der Waals surface area contributed by atoms with Crippen molar-refractivity contribution in [3.8, 4) is 5.75 Å². The van der Waals surface area contributed by atoms with Gasteiger partial charge in [-0.15, -0.1) is 0 Å². The summed E-state index contributed by atoms with van der Waals surface area (Å²) in [4.78, 5) is 0. The molecule has 0 aliphatic carbocycles. The molecule has 0 aliphatic heterocycles. The van der Waals surface area contributed by atoms with E-state index in [1.165, 1.54) is 12.1 Å². The zero-order valence-electron chi connectivity index (χ0n) is 10.1. The van der Waals surface area contributed by atoms with Crippen LogP contribution in [0.4, 0.5) is 4.39 Å². The number of benzene rings is 1. The summed E-state index contributed by atoms with van der Waals surface area (Å²) in [5.41, 5.74) is 0.187. The van der Waals surface area contributed by atoms with Crippen molar-refractivity contribution in [1.82, 2.24) is 0 Å². The molecular formula is C13H19FO2. The van der Waals surface area contributed by atoms with E-state index in [1.807, 2.05) is 0 Å². The maximum Gasteiger partial charge on any atom is 0.123 e. The highest BCUT2D eigenvalue weighted by Crippen LogP contribution is 2.22. The Morgan fingerprint density at radius 2 is 2.06 bits per heavy atom. The van der Waals surface area contributed by atoms with Gasteiger partial charge in [-0.05, 0) is 56.9 Å². The fraction of sp³-hybridized carbons (Fsp3) is 0.538. The van der Waals surface area contributed by atoms with Crippen molar-refractivity contribution in [2.24, 2.45) is 0 Å². The third kappa shape index (κ3) is 4.19.